The molecule has 0 bridgehead atoms. The predicted octanol–water partition coefficient (Wildman–Crippen LogP) is 1.16. The second kappa shape index (κ2) is 4.80. The molecule has 88 valence electrons. The van der Waals surface area contributed by atoms with Gasteiger partial charge in [-0.1, -0.05) is 12.1 Å². The van der Waals surface area contributed by atoms with Crippen molar-refractivity contribution in [3.8, 4) is 0 Å². The van der Waals surface area contributed by atoms with E-state index in [0.717, 1.165) is 26.2 Å². The Bertz CT molecular complexity index is 359. The van der Waals surface area contributed by atoms with E-state index < -0.39 is 0 Å². The number of hydrogen-bond donors (Lipinski definition) is 1. The summed E-state index contributed by atoms with van der Waals surface area (Å²) in [5, 5.41) is 0. The van der Waals surface area contributed by atoms with Crippen LogP contribution in [0.5, 0.6) is 0 Å². The molecule has 1 aromatic carbocycles. The van der Waals surface area contributed by atoms with Crippen LogP contribution >= 0.6 is 0 Å². The molecule has 16 heavy (non-hydrogen) atoms. The Kier molecular flexibility index (Phi) is 3.41. The third-order valence-electron chi connectivity index (χ3n) is 3.10. The first-order valence-corrected chi connectivity index (χ1v) is 5.60. The number of piperazine rings is 1. The molecule has 1 aliphatic rings. The van der Waals surface area contributed by atoms with Gasteiger partial charge in [0.1, 0.15) is 0 Å². The van der Waals surface area contributed by atoms with Crippen molar-refractivity contribution >= 4 is 5.69 Å². The first-order chi connectivity index (χ1) is 7.66. The molecule has 0 unspecified atom stereocenters. The zero-order chi connectivity index (χ0) is 11.5. The van der Waals surface area contributed by atoms with Crippen LogP contribution in [0, 0.1) is 5.82 Å². The summed E-state index contributed by atoms with van der Waals surface area (Å²) in [6.07, 6.45) is 0. The molecule has 0 aliphatic carbocycles. The summed E-state index contributed by atoms with van der Waals surface area (Å²) in [7, 11) is 2.11. The van der Waals surface area contributed by atoms with Crippen LogP contribution in [-0.2, 0) is 6.54 Å². The average Bonchev–Trinajstić information content (AvgIpc) is 2.28. The maximum atomic E-state index is 13.7. The fourth-order valence-electron chi connectivity index (χ4n) is 1.97. The Morgan fingerprint density at radius 1 is 1.25 bits per heavy atom. The van der Waals surface area contributed by atoms with Gasteiger partial charge in [-0.2, -0.15) is 0 Å². The number of nitrogen functional groups attached to an aromatic ring is 1. The summed E-state index contributed by atoms with van der Waals surface area (Å²) < 4.78 is 13.7. The van der Waals surface area contributed by atoms with Gasteiger partial charge in [0.25, 0.3) is 0 Å². The minimum atomic E-state index is -0.263. The van der Waals surface area contributed by atoms with Crippen molar-refractivity contribution in [3.63, 3.8) is 0 Å². The first kappa shape index (κ1) is 11.4. The summed E-state index contributed by atoms with van der Waals surface area (Å²) in [5.74, 6) is -0.263. The second-order valence-corrected chi connectivity index (χ2v) is 4.40. The minimum absolute atomic E-state index is 0.242. The van der Waals surface area contributed by atoms with Gasteiger partial charge in [-0.05, 0) is 13.1 Å². The molecule has 1 fully saturated rings. The lowest BCUT2D eigenvalue weighted by Crippen LogP contribution is -2.44. The molecule has 0 aromatic heterocycles. The average molecular weight is 223 g/mol. The molecule has 0 amide bonds. The van der Waals surface area contributed by atoms with Crippen molar-refractivity contribution in [2.24, 2.45) is 0 Å². The maximum absolute atomic E-state index is 13.7. The highest BCUT2D eigenvalue weighted by atomic mass is 19.1. The van der Waals surface area contributed by atoms with Gasteiger partial charge in [0.15, 0.2) is 5.82 Å². The van der Waals surface area contributed by atoms with Gasteiger partial charge in [0, 0.05) is 38.3 Å². The molecule has 2 N–H and O–H groups in total. The third kappa shape index (κ3) is 2.51. The molecule has 1 aromatic rings. The molecule has 4 heteroatoms. The summed E-state index contributed by atoms with van der Waals surface area (Å²) in [4.78, 5) is 4.55. The quantitative estimate of drug-likeness (QED) is 0.764. The SMILES string of the molecule is CN1CCN(Cc2cccc(N)c2F)CC1. The first-order valence-electron chi connectivity index (χ1n) is 5.60. The van der Waals surface area contributed by atoms with Gasteiger partial charge in [-0.15, -0.1) is 0 Å². The molecular formula is C12H18FN3. The summed E-state index contributed by atoms with van der Waals surface area (Å²) in [5.41, 5.74) is 6.49. The molecular weight excluding hydrogens is 205 g/mol. The number of rotatable bonds is 2. The van der Waals surface area contributed by atoms with Crippen LogP contribution in [0.2, 0.25) is 0 Å². The Balaban J connectivity index is 2.01. The van der Waals surface area contributed by atoms with E-state index >= 15 is 0 Å². The number of halogens is 1. The highest BCUT2D eigenvalue weighted by Crippen LogP contribution is 2.17. The van der Waals surface area contributed by atoms with Gasteiger partial charge < -0.3 is 10.6 Å². The summed E-state index contributed by atoms with van der Waals surface area (Å²) in [6, 6.07) is 5.22. The number of nitrogens with zero attached hydrogens (tertiary/aromatic N) is 2. The zero-order valence-electron chi connectivity index (χ0n) is 9.62. The molecule has 0 saturated carbocycles. The molecule has 3 nitrogen and oxygen atoms in total. The predicted molar refractivity (Wildman–Crippen MR) is 63.6 cm³/mol. The normalized spacial score (nSPS) is 18.9. The number of anilines is 1. The molecule has 1 saturated heterocycles. The molecule has 0 spiro atoms. The summed E-state index contributed by atoms with van der Waals surface area (Å²) in [6.45, 7) is 4.73. The molecule has 2 rings (SSSR count). The molecule has 1 aliphatic heterocycles. The van der Waals surface area contributed by atoms with Crippen molar-refractivity contribution < 1.29 is 4.39 Å². The zero-order valence-corrected chi connectivity index (χ0v) is 9.62. The van der Waals surface area contributed by atoms with E-state index in [1.165, 1.54) is 0 Å². The van der Waals surface area contributed by atoms with E-state index in [-0.39, 0.29) is 11.5 Å². The number of benzene rings is 1. The van der Waals surface area contributed by atoms with Crippen molar-refractivity contribution in [3.05, 3.63) is 29.6 Å². The van der Waals surface area contributed by atoms with Crippen LogP contribution in [-0.4, -0.2) is 43.0 Å². The van der Waals surface area contributed by atoms with Gasteiger partial charge in [0.2, 0.25) is 0 Å². The smallest absolute Gasteiger partial charge is 0.150 e. The third-order valence-corrected chi connectivity index (χ3v) is 3.10. The van der Waals surface area contributed by atoms with Crippen LogP contribution in [0.4, 0.5) is 10.1 Å². The molecule has 1 heterocycles. The lowest BCUT2D eigenvalue weighted by atomic mass is 10.1. The van der Waals surface area contributed by atoms with Crippen LogP contribution in [0.25, 0.3) is 0 Å². The van der Waals surface area contributed by atoms with E-state index in [1.807, 2.05) is 12.1 Å². The van der Waals surface area contributed by atoms with Gasteiger partial charge >= 0.3 is 0 Å². The summed E-state index contributed by atoms with van der Waals surface area (Å²) >= 11 is 0. The fraction of sp³-hybridized carbons (Fsp3) is 0.500. The number of nitrogens with two attached hydrogens (primary N) is 1. The van der Waals surface area contributed by atoms with E-state index in [4.69, 9.17) is 5.73 Å². The standard InChI is InChI=1S/C12H18FN3/c1-15-5-7-16(8-6-15)9-10-3-2-4-11(14)12(10)13/h2-4H,5-9,14H2,1H3. The maximum Gasteiger partial charge on any atom is 0.150 e. The highest BCUT2D eigenvalue weighted by molar-refractivity contribution is 5.42. The van der Waals surface area contributed by atoms with Gasteiger partial charge in [-0.25, -0.2) is 4.39 Å². The van der Waals surface area contributed by atoms with Crippen LogP contribution in [0.15, 0.2) is 18.2 Å². The van der Waals surface area contributed by atoms with E-state index in [0.29, 0.717) is 12.1 Å². The van der Waals surface area contributed by atoms with Gasteiger partial charge in [-0.3, -0.25) is 4.90 Å². The Labute approximate surface area is 95.6 Å². The van der Waals surface area contributed by atoms with Crippen LogP contribution in [0.3, 0.4) is 0 Å². The Morgan fingerprint density at radius 2 is 1.94 bits per heavy atom. The monoisotopic (exact) mass is 223 g/mol. The van der Waals surface area contributed by atoms with E-state index in [9.17, 15) is 4.39 Å². The number of hydrogen-bond acceptors (Lipinski definition) is 3. The Hall–Kier alpha value is -1.13. The lowest BCUT2D eigenvalue weighted by molar-refractivity contribution is 0.147. The minimum Gasteiger partial charge on any atom is -0.396 e. The highest BCUT2D eigenvalue weighted by Gasteiger charge is 2.15. The van der Waals surface area contributed by atoms with E-state index in [1.54, 1.807) is 6.07 Å². The van der Waals surface area contributed by atoms with Crippen molar-refractivity contribution in [1.29, 1.82) is 0 Å². The second-order valence-electron chi connectivity index (χ2n) is 4.40. The van der Waals surface area contributed by atoms with Crippen molar-refractivity contribution in [1.82, 2.24) is 9.80 Å². The largest absolute Gasteiger partial charge is 0.396 e. The Morgan fingerprint density at radius 3 is 2.62 bits per heavy atom. The van der Waals surface area contributed by atoms with Crippen molar-refractivity contribution in [2.45, 2.75) is 6.54 Å². The topological polar surface area (TPSA) is 32.5 Å². The lowest BCUT2D eigenvalue weighted by Gasteiger charge is -2.32. The van der Waals surface area contributed by atoms with Crippen LogP contribution < -0.4 is 5.73 Å². The number of likely N-dealkylation sites (N-methyl/N-ethyl adjacent to an activating group) is 1. The molecule has 0 radical (unpaired) electrons. The molecule has 0 atom stereocenters. The van der Waals surface area contributed by atoms with Gasteiger partial charge in [0.05, 0.1) is 5.69 Å². The van der Waals surface area contributed by atoms with E-state index in [2.05, 4.69) is 16.8 Å². The van der Waals surface area contributed by atoms with Crippen LogP contribution in [0.1, 0.15) is 5.56 Å². The fourth-order valence-corrected chi connectivity index (χ4v) is 1.97. The van der Waals surface area contributed by atoms with Crippen molar-refractivity contribution in [2.75, 3.05) is 39.0 Å².